The van der Waals surface area contributed by atoms with Gasteiger partial charge in [0.2, 0.25) is 0 Å². The van der Waals surface area contributed by atoms with E-state index in [1.54, 1.807) is 24.3 Å². The summed E-state index contributed by atoms with van der Waals surface area (Å²) in [7, 11) is 1.35. The molecule has 0 radical (unpaired) electrons. The molecule has 1 aliphatic rings. The molecule has 18 heavy (non-hydrogen) atoms. The number of ether oxygens (including phenoxy) is 2. The number of rotatable bonds is 4. The van der Waals surface area contributed by atoms with Crippen molar-refractivity contribution < 1.29 is 19.4 Å². The zero-order valence-corrected chi connectivity index (χ0v) is 10.3. The van der Waals surface area contributed by atoms with Crippen LogP contribution in [0.25, 0.3) is 0 Å². The van der Waals surface area contributed by atoms with E-state index in [1.807, 2.05) is 0 Å². The highest BCUT2D eigenvalue weighted by atomic mass is 16.5. The first-order valence-electron chi connectivity index (χ1n) is 5.91. The average molecular weight is 251 g/mol. The van der Waals surface area contributed by atoms with Gasteiger partial charge in [0, 0.05) is 12.6 Å². The third-order valence-electron chi connectivity index (χ3n) is 2.93. The SMILES string of the molecule is COC(=O)c1ccc(OC[C@@H]2C[C@H](O)CN2)cc1. The van der Waals surface area contributed by atoms with Crippen LogP contribution >= 0.6 is 0 Å². The van der Waals surface area contributed by atoms with Gasteiger partial charge in [0.25, 0.3) is 0 Å². The predicted octanol–water partition coefficient (Wildman–Crippen LogP) is 0.575. The van der Waals surface area contributed by atoms with Gasteiger partial charge in [0.1, 0.15) is 12.4 Å². The van der Waals surface area contributed by atoms with E-state index in [2.05, 4.69) is 10.1 Å². The van der Waals surface area contributed by atoms with Gasteiger partial charge in [-0.2, -0.15) is 0 Å². The molecule has 0 aromatic heterocycles. The van der Waals surface area contributed by atoms with Crippen LogP contribution in [0.1, 0.15) is 16.8 Å². The summed E-state index contributed by atoms with van der Waals surface area (Å²) >= 11 is 0. The van der Waals surface area contributed by atoms with Gasteiger partial charge in [-0.05, 0) is 30.7 Å². The molecule has 0 amide bonds. The molecule has 1 fully saturated rings. The fourth-order valence-corrected chi connectivity index (χ4v) is 1.93. The molecule has 1 aromatic carbocycles. The average Bonchev–Trinajstić information content (AvgIpc) is 2.82. The van der Waals surface area contributed by atoms with Crippen molar-refractivity contribution in [2.75, 3.05) is 20.3 Å². The van der Waals surface area contributed by atoms with Crippen LogP contribution in [-0.4, -0.2) is 43.5 Å². The van der Waals surface area contributed by atoms with Gasteiger partial charge >= 0.3 is 5.97 Å². The molecule has 0 saturated carbocycles. The molecule has 5 nitrogen and oxygen atoms in total. The summed E-state index contributed by atoms with van der Waals surface area (Å²) in [5.74, 6) is 0.341. The summed E-state index contributed by atoms with van der Waals surface area (Å²) in [6.45, 7) is 1.13. The molecule has 0 spiro atoms. The first kappa shape index (κ1) is 12.9. The quantitative estimate of drug-likeness (QED) is 0.766. The Hall–Kier alpha value is -1.59. The summed E-state index contributed by atoms with van der Waals surface area (Å²) in [5.41, 5.74) is 0.499. The van der Waals surface area contributed by atoms with Gasteiger partial charge in [-0.15, -0.1) is 0 Å². The van der Waals surface area contributed by atoms with Crippen LogP contribution in [0.5, 0.6) is 5.75 Å². The molecule has 1 aliphatic heterocycles. The number of carbonyl (C=O) groups excluding carboxylic acids is 1. The smallest absolute Gasteiger partial charge is 0.337 e. The van der Waals surface area contributed by atoms with Crippen molar-refractivity contribution in [3.8, 4) is 5.75 Å². The van der Waals surface area contributed by atoms with Gasteiger partial charge in [-0.3, -0.25) is 0 Å². The van der Waals surface area contributed by atoms with E-state index in [4.69, 9.17) is 4.74 Å². The van der Waals surface area contributed by atoms with E-state index in [9.17, 15) is 9.90 Å². The van der Waals surface area contributed by atoms with Crippen LogP contribution < -0.4 is 10.1 Å². The lowest BCUT2D eigenvalue weighted by molar-refractivity contribution is 0.0600. The number of nitrogens with one attached hydrogen (secondary N) is 1. The van der Waals surface area contributed by atoms with E-state index in [1.165, 1.54) is 7.11 Å². The molecule has 0 aliphatic carbocycles. The molecule has 1 saturated heterocycles. The maximum absolute atomic E-state index is 11.2. The highest BCUT2D eigenvalue weighted by molar-refractivity contribution is 5.89. The number of carbonyl (C=O) groups is 1. The minimum Gasteiger partial charge on any atom is -0.492 e. The summed E-state index contributed by atoms with van der Waals surface area (Å²) < 4.78 is 10.2. The number of esters is 1. The molecule has 1 heterocycles. The Morgan fingerprint density at radius 2 is 2.17 bits per heavy atom. The minimum atomic E-state index is -0.359. The Kier molecular flexibility index (Phi) is 4.17. The van der Waals surface area contributed by atoms with E-state index >= 15 is 0 Å². The molecule has 2 atom stereocenters. The van der Waals surface area contributed by atoms with Gasteiger partial charge in [0.15, 0.2) is 0 Å². The summed E-state index contributed by atoms with van der Waals surface area (Å²) in [5, 5.41) is 12.5. The van der Waals surface area contributed by atoms with Crippen molar-refractivity contribution in [3.05, 3.63) is 29.8 Å². The van der Waals surface area contributed by atoms with Crippen molar-refractivity contribution in [1.82, 2.24) is 5.32 Å². The van der Waals surface area contributed by atoms with Crippen LogP contribution in [0.15, 0.2) is 24.3 Å². The van der Waals surface area contributed by atoms with Crippen molar-refractivity contribution in [2.24, 2.45) is 0 Å². The Bertz CT molecular complexity index is 404. The van der Waals surface area contributed by atoms with E-state index < -0.39 is 0 Å². The van der Waals surface area contributed by atoms with Gasteiger partial charge in [0.05, 0.1) is 18.8 Å². The molecule has 0 unspecified atom stereocenters. The topological polar surface area (TPSA) is 67.8 Å². The number of aliphatic hydroxyl groups excluding tert-OH is 1. The number of aliphatic hydroxyl groups is 1. The Morgan fingerprint density at radius 3 is 2.72 bits per heavy atom. The van der Waals surface area contributed by atoms with E-state index in [0.717, 1.165) is 0 Å². The maximum atomic E-state index is 11.2. The number of β-amino-alcohol motifs (C(OH)–C–C–N with tert-alkyl or cyclic N) is 1. The molecule has 2 rings (SSSR count). The first-order valence-corrected chi connectivity index (χ1v) is 5.91. The molecule has 1 aromatic rings. The van der Waals surface area contributed by atoms with E-state index in [-0.39, 0.29) is 18.1 Å². The van der Waals surface area contributed by atoms with Gasteiger partial charge in [-0.25, -0.2) is 4.79 Å². The van der Waals surface area contributed by atoms with Gasteiger partial charge in [-0.1, -0.05) is 0 Å². The maximum Gasteiger partial charge on any atom is 0.337 e. The fourth-order valence-electron chi connectivity index (χ4n) is 1.93. The summed E-state index contributed by atoms with van der Waals surface area (Å²) in [6, 6.07) is 6.98. The molecular formula is C13H17NO4. The normalized spacial score (nSPS) is 22.8. The highest BCUT2D eigenvalue weighted by Gasteiger charge is 2.22. The lowest BCUT2D eigenvalue weighted by Gasteiger charge is -2.12. The van der Waals surface area contributed by atoms with Crippen LogP contribution in [0.4, 0.5) is 0 Å². The number of methoxy groups -OCH3 is 1. The standard InChI is InChI=1S/C13H17NO4/c1-17-13(16)9-2-4-12(5-3-9)18-8-10-6-11(15)7-14-10/h2-5,10-11,14-15H,6-8H2,1H3/t10-,11-/m0/s1. The van der Waals surface area contributed by atoms with Crippen molar-refractivity contribution >= 4 is 5.97 Å². The zero-order valence-electron chi connectivity index (χ0n) is 10.3. The highest BCUT2D eigenvalue weighted by Crippen LogP contribution is 2.14. The van der Waals surface area contributed by atoms with Gasteiger partial charge < -0.3 is 19.9 Å². The fraction of sp³-hybridized carbons (Fsp3) is 0.462. The van der Waals surface area contributed by atoms with Crippen LogP contribution in [0.3, 0.4) is 0 Å². The number of hydrogen-bond acceptors (Lipinski definition) is 5. The molecular weight excluding hydrogens is 234 g/mol. The second kappa shape index (κ2) is 5.84. The summed E-state index contributed by atoms with van der Waals surface area (Å²) in [6.07, 6.45) is 0.431. The number of benzene rings is 1. The first-order chi connectivity index (χ1) is 8.69. The Labute approximate surface area is 106 Å². The second-order valence-electron chi connectivity index (χ2n) is 4.32. The summed E-state index contributed by atoms with van der Waals surface area (Å²) in [4.78, 5) is 11.2. The van der Waals surface area contributed by atoms with Crippen LogP contribution in [-0.2, 0) is 4.74 Å². The predicted molar refractivity (Wildman–Crippen MR) is 65.7 cm³/mol. The van der Waals surface area contributed by atoms with Crippen molar-refractivity contribution in [2.45, 2.75) is 18.6 Å². The van der Waals surface area contributed by atoms with Crippen LogP contribution in [0.2, 0.25) is 0 Å². The second-order valence-corrected chi connectivity index (χ2v) is 4.32. The van der Waals surface area contributed by atoms with Crippen molar-refractivity contribution in [3.63, 3.8) is 0 Å². The Balaban J connectivity index is 1.85. The Morgan fingerprint density at radius 1 is 1.44 bits per heavy atom. The third-order valence-corrected chi connectivity index (χ3v) is 2.93. The molecule has 0 bridgehead atoms. The third kappa shape index (κ3) is 3.21. The number of hydrogen-bond donors (Lipinski definition) is 2. The van der Waals surface area contributed by atoms with Crippen LogP contribution in [0, 0.1) is 0 Å². The van der Waals surface area contributed by atoms with E-state index in [0.29, 0.717) is 30.9 Å². The molecule has 98 valence electrons. The minimum absolute atomic E-state index is 0.181. The lowest BCUT2D eigenvalue weighted by Crippen LogP contribution is -2.28. The lowest BCUT2D eigenvalue weighted by atomic mass is 10.2. The molecule has 5 heteroatoms. The molecule has 2 N–H and O–H groups in total. The zero-order chi connectivity index (χ0) is 13.0. The largest absolute Gasteiger partial charge is 0.492 e. The monoisotopic (exact) mass is 251 g/mol. The van der Waals surface area contributed by atoms with Crippen molar-refractivity contribution in [1.29, 1.82) is 0 Å².